The van der Waals surface area contributed by atoms with Crippen molar-refractivity contribution in [2.75, 3.05) is 42.9 Å². The summed E-state index contributed by atoms with van der Waals surface area (Å²) in [6, 6.07) is 92.6. The molecule has 0 amide bonds. The van der Waals surface area contributed by atoms with Gasteiger partial charge in [0, 0.05) is 62.2 Å². The van der Waals surface area contributed by atoms with Gasteiger partial charge in [-0.3, -0.25) is 4.79 Å². The fourth-order valence-electron chi connectivity index (χ4n) is 37.9. The number of aryl methyl sites for hydroxylation is 4. The summed E-state index contributed by atoms with van der Waals surface area (Å²) >= 11 is 0. The molecule has 14 fully saturated rings. The first kappa shape index (κ1) is 89.4. The Morgan fingerprint density at radius 1 is 0.245 bits per heavy atom. The molecule has 4 heteroatoms. The molecule has 18 aliphatic carbocycles. The molecule has 0 heterocycles. The van der Waals surface area contributed by atoms with Crippen molar-refractivity contribution in [2.24, 2.45) is 142 Å². The fourth-order valence-corrected chi connectivity index (χ4v) is 37.9. The Kier molecular flexibility index (Phi) is 21.6. The highest BCUT2D eigenvalue weighted by atomic mass is 16.1. The molecule has 29 rings (SSSR count). The number of nitrogens with zero attached hydrogens (tertiary/aromatic N) is 3. The van der Waals surface area contributed by atoms with Gasteiger partial charge >= 0.3 is 0 Å². The summed E-state index contributed by atoms with van der Waals surface area (Å²) in [5.74, 6) is 23.1. The predicted octanol–water partition coefficient (Wildman–Crippen LogP) is 34.3. The molecule has 0 N–H and O–H groups in total. The van der Waals surface area contributed by atoms with Crippen LogP contribution < -0.4 is 14.7 Å². The van der Waals surface area contributed by atoms with E-state index in [1.807, 2.05) is 0 Å². The van der Waals surface area contributed by atoms with E-state index in [2.05, 4.69) is 289 Å². The molecule has 0 aromatic heterocycles. The van der Waals surface area contributed by atoms with Crippen LogP contribution in [0.3, 0.4) is 0 Å². The first-order valence-corrected chi connectivity index (χ1v) is 58.9. The van der Waals surface area contributed by atoms with Crippen molar-refractivity contribution in [1.29, 1.82) is 0 Å². The third-order valence-electron chi connectivity index (χ3n) is 44.6. The number of benzene rings is 11. The highest BCUT2D eigenvalue weighted by Crippen LogP contribution is 2.93. The second kappa shape index (κ2) is 34.5. The minimum Gasteiger partial charge on any atom is -0.378 e. The van der Waals surface area contributed by atoms with Crippen molar-refractivity contribution >= 4 is 45.9 Å². The zero-order chi connectivity index (χ0) is 95.4. The number of unbranched alkanes of at least 4 members (excludes halogenated alkanes) is 20. The largest absolute Gasteiger partial charge is 0.378 e. The van der Waals surface area contributed by atoms with E-state index in [1.165, 1.54) is 360 Å². The van der Waals surface area contributed by atoms with Crippen molar-refractivity contribution in [2.45, 2.75) is 257 Å². The van der Waals surface area contributed by atoms with Crippen LogP contribution in [0, 0.1) is 142 Å². The monoisotopic (exact) mass is 1880 g/mol. The van der Waals surface area contributed by atoms with Gasteiger partial charge in [-0.2, -0.15) is 0 Å². The topological polar surface area (TPSA) is 26.8 Å². The van der Waals surface area contributed by atoms with Gasteiger partial charge in [0.25, 0.3) is 0 Å². The summed E-state index contributed by atoms with van der Waals surface area (Å²) < 4.78 is 0. The maximum Gasteiger partial charge on any atom is 0.150 e. The number of allylic oxidation sites excluding steroid dienone is 2. The molecule has 0 saturated heterocycles. The van der Waals surface area contributed by atoms with Crippen LogP contribution in [-0.4, -0.2) is 34.5 Å². The molecule has 11 aromatic rings. The number of aldehydes is 1. The summed E-state index contributed by atoms with van der Waals surface area (Å²) in [4.78, 5) is 20.7. The highest BCUT2D eigenvalue weighted by Gasteiger charge is 2.89. The van der Waals surface area contributed by atoms with Crippen molar-refractivity contribution in [3.05, 3.63) is 324 Å². The van der Waals surface area contributed by atoms with E-state index in [4.69, 9.17) is 0 Å². The van der Waals surface area contributed by atoms with Gasteiger partial charge < -0.3 is 14.7 Å². The van der Waals surface area contributed by atoms with E-state index in [9.17, 15) is 4.79 Å². The molecular weight excluding hydrogens is 1730 g/mol. The maximum absolute atomic E-state index is 13.6. The second-order valence-corrected chi connectivity index (χ2v) is 50.6. The summed E-state index contributed by atoms with van der Waals surface area (Å²) in [5.41, 5.74) is 45.7. The fraction of sp³-hybridized carbons (Fsp3) is 0.489. The Morgan fingerprint density at radius 3 is 0.839 bits per heavy atom. The number of anilines is 5. The molecular formula is C139H153N3O. The van der Waals surface area contributed by atoms with E-state index in [0.29, 0.717) is 11.8 Å². The lowest BCUT2D eigenvalue weighted by atomic mass is 9.13. The standard InChI is InChI=1S/C139H153N3O/c1-9-13-17-21-25-29-33-80-37-46-85(47-38-80)138(86-48-39-81(40-49-86)34-30-26-22-18-14-10-2)114-75-100-94-63-45-84(79-143)69-106(94)118(110-73-112-120(110)128-126(112)134-130-122-96-65-67-98(96)124(122)132(130)136(128)134)108(100)71-102(114)104-77-117-105(78-116(104)138)103-72-109-101(76-115(103)139(117,87-50-41-82(42-51-87)35-31-27-23-19-15-11-3)88-52-43-83(44-53-88)36-32-28-24-20-16-12-4)95-64-62-93(142(91-58-54-89(55-59-91)140(5)6)92-60-56-90(57-61-92)141(7)8)70-107(95)119(109)111-74-113-121(111)129-127(113)135-131-123-97-66-68-99(97)125(123)133(131)137(129)135/h37-64,69-72,75-79,96-99,112-113,120-137H,9-36,65-68,73-74H2,1-8H3/b118-110-,119-111-. The summed E-state index contributed by atoms with van der Waals surface area (Å²) in [6.45, 7) is 9.41. The molecule has 14 saturated carbocycles. The van der Waals surface area contributed by atoms with Gasteiger partial charge in [-0.1, -0.05) is 283 Å². The van der Waals surface area contributed by atoms with Gasteiger partial charge in [-0.25, -0.2) is 0 Å². The average Bonchev–Trinajstić information content (AvgIpc) is 1.17. The predicted molar refractivity (Wildman–Crippen MR) is 592 cm³/mol. The molecule has 0 radical (unpaired) electrons. The molecule has 11 aromatic carbocycles. The van der Waals surface area contributed by atoms with Crippen LogP contribution in [-0.2, 0) is 36.5 Å². The summed E-state index contributed by atoms with van der Waals surface area (Å²) in [7, 11) is 8.69. The Hall–Kier alpha value is -10.0. The van der Waals surface area contributed by atoms with Crippen molar-refractivity contribution in [1.82, 2.24) is 0 Å². The number of fused-ring (bicyclic) bond motifs is 44. The molecule has 0 bridgehead atoms. The van der Waals surface area contributed by atoms with Gasteiger partial charge in [0.05, 0.1) is 10.8 Å². The molecule has 18 aliphatic rings. The first-order chi connectivity index (χ1) is 70.4. The number of hydrogen-bond acceptors (Lipinski definition) is 4. The third-order valence-corrected chi connectivity index (χ3v) is 44.6. The Bertz CT molecular complexity index is 6750. The Balaban J connectivity index is 0.662. The third kappa shape index (κ3) is 12.6. The number of hydrogen-bond donors (Lipinski definition) is 0. The lowest BCUT2D eigenvalue weighted by Gasteiger charge is -2.91. The van der Waals surface area contributed by atoms with Crippen LogP contribution in [0.5, 0.6) is 0 Å². The minimum absolute atomic E-state index is 0.659. The van der Waals surface area contributed by atoms with Gasteiger partial charge in [0.2, 0.25) is 0 Å². The van der Waals surface area contributed by atoms with Crippen LogP contribution in [0.1, 0.15) is 320 Å². The number of rotatable bonds is 38. The molecule has 4 nitrogen and oxygen atoms in total. The minimum atomic E-state index is -0.738. The SMILES string of the molecule is CCCCCCCCc1ccc(C2(c3ccc(CCCCCCCC)cc3)c3cc4c(cc3-c3cc5c(cc32)-c2cc3c(cc2C5(c2ccc(CCCCCCCC)cc2)c2ccc(CCCCCCCC)cc2)-c2ccc(N(c5ccc(N(C)C)cc5)c5ccc(N(C)C)cc5)cc2/C3=C2\CC3C2C2C3C3C5C6C7CCC7C6C5C23)/C(=C2/CC3C2C2C3C3C5C6C7CCC7C6C5C23)c2cc(C=O)ccc2-4)cc1. The molecule has 24 atom stereocenters. The Morgan fingerprint density at radius 2 is 0.517 bits per heavy atom. The molecule has 143 heavy (non-hydrogen) atoms. The van der Waals surface area contributed by atoms with E-state index in [1.54, 1.807) is 16.7 Å². The van der Waals surface area contributed by atoms with E-state index < -0.39 is 10.8 Å². The van der Waals surface area contributed by atoms with Crippen LogP contribution in [0.15, 0.2) is 230 Å². The maximum atomic E-state index is 13.6. The molecule has 730 valence electrons. The highest BCUT2D eigenvalue weighted by molar-refractivity contribution is 6.10. The summed E-state index contributed by atoms with van der Waals surface area (Å²) in [5, 5.41) is 0. The first-order valence-electron chi connectivity index (χ1n) is 58.9. The van der Waals surface area contributed by atoms with Crippen molar-refractivity contribution < 1.29 is 4.79 Å². The second-order valence-electron chi connectivity index (χ2n) is 50.6. The van der Waals surface area contributed by atoms with Crippen LogP contribution in [0.4, 0.5) is 28.4 Å². The smallest absolute Gasteiger partial charge is 0.150 e. The Labute approximate surface area is 855 Å². The van der Waals surface area contributed by atoms with E-state index >= 15 is 0 Å². The van der Waals surface area contributed by atoms with Crippen molar-refractivity contribution in [3.8, 4) is 44.5 Å². The van der Waals surface area contributed by atoms with Gasteiger partial charge in [-0.15, -0.1) is 0 Å². The zero-order valence-corrected chi connectivity index (χ0v) is 87.0. The average molecular weight is 1880 g/mol. The molecule has 24 unspecified atom stereocenters. The quantitative estimate of drug-likeness (QED) is 0.0219. The normalized spacial score (nSPS) is 31.2. The number of carbonyl (C=O) groups is 1. The molecule has 0 spiro atoms. The lowest BCUT2D eigenvalue weighted by molar-refractivity contribution is -0.434. The van der Waals surface area contributed by atoms with Crippen molar-refractivity contribution in [3.63, 3.8) is 0 Å². The number of carbonyl (C=O) groups excluding carboxylic acids is 1. The van der Waals surface area contributed by atoms with Gasteiger partial charge in [0.15, 0.2) is 0 Å². The lowest BCUT2D eigenvalue weighted by Crippen LogP contribution is -2.87. The summed E-state index contributed by atoms with van der Waals surface area (Å²) in [6.07, 6.45) is 45.0. The van der Waals surface area contributed by atoms with Crippen LogP contribution >= 0.6 is 0 Å². The van der Waals surface area contributed by atoms with Gasteiger partial charge in [0.1, 0.15) is 6.29 Å². The van der Waals surface area contributed by atoms with Crippen LogP contribution in [0.2, 0.25) is 0 Å². The van der Waals surface area contributed by atoms with Gasteiger partial charge in [-0.05, 0) is 480 Å². The zero-order valence-electron chi connectivity index (χ0n) is 87.0. The van der Waals surface area contributed by atoms with E-state index in [0.717, 1.165) is 168 Å². The molecule has 0 aliphatic heterocycles. The van der Waals surface area contributed by atoms with Crippen LogP contribution in [0.25, 0.3) is 55.7 Å². The van der Waals surface area contributed by atoms with E-state index in [-0.39, 0.29) is 0 Å².